The summed E-state index contributed by atoms with van der Waals surface area (Å²) >= 11 is 0. The molecule has 0 aliphatic rings. The molecule has 4 nitrogen and oxygen atoms in total. The molecule has 102 valence electrons. The van der Waals surface area contributed by atoms with Gasteiger partial charge >= 0.3 is 0 Å². The van der Waals surface area contributed by atoms with Crippen LogP contribution in [0.5, 0.6) is 0 Å². The van der Waals surface area contributed by atoms with E-state index >= 15 is 0 Å². The van der Waals surface area contributed by atoms with Crippen LogP contribution in [0.15, 0.2) is 0 Å². The standard InChI is InChI=1S/C13H28N2O2/c1-5-11(4)14-10-13(17)15(8-9-16)12(6-2)7-3/h11-12,14,16H,5-10H2,1-4H3. The average Bonchev–Trinajstić information content (AvgIpc) is 2.35. The molecule has 0 aromatic heterocycles. The Morgan fingerprint density at radius 2 is 1.82 bits per heavy atom. The Balaban J connectivity index is 4.32. The quantitative estimate of drug-likeness (QED) is 0.644. The number of amides is 1. The molecule has 0 aliphatic carbocycles. The molecule has 0 radical (unpaired) electrons. The Hall–Kier alpha value is -0.610. The number of aliphatic hydroxyl groups excluding tert-OH is 1. The van der Waals surface area contributed by atoms with E-state index in [1.165, 1.54) is 0 Å². The van der Waals surface area contributed by atoms with Crippen molar-refractivity contribution < 1.29 is 9.90 Å². The molecule has 0 fully saturated rings. The van der Waals surface area contributed by atoms with Crippen molar-refractivity contribution >= 4 is 5.91 Å². The molecule has 2 N–H and O–H groups in total. The van der Waals surface area contributed by atoms with Gasteiger partial charge in [0.2, 0.25) is 5.91 Å². The molecule has 0 saturated carbocycles. The van der Waals surface area contributed by atoms with E-state index in [0.717, 1.165) is 19.3 Å². The zero-order valence-corrected chi connectivity index (χ0v) is 11.7. The SMILES string of the molecule is CCC(C)NCC(=O)N(CCO)C(CC)CC. The van der Waals surface area contributed by atoms with Gasteiger partial charge in [0, 0.05) is 18.6 Å². The predicted octanol–water partition coefficient (Wildman–Crippen LogP) is 1.38. The second kappa shape index (κ2) is 9.42. The molecule has 1 amide bonds. The molecule has 0 aliphatic heterocycles. The zero-order chi connectivity index (χ0) is 13.3. The Kier molecular flexibility index (Phi) is 9.09. The largest absolute Gasteiger partial charge is 0.395 e. The van der Waals surface area contributed by atoms with E-state index < -0.39 is 0 Å². The summed E-state index contributed by atoms with van der Waals surface area (Å²) in [5.41, 5.74) is 0. The minimum atomic E-state index is 0.0333. The maximum atomic E-state index is 12.1. The third-order valence-electron chi connectivity index (χ3n) is 3.26. The number of nitrogens with zero attached hydrogens (tertiary/aromatic N) is 1. The molecule has 0 heterocycles. The van der Waals surface area contributed by atoms with Gasteiger partial charge in [-0.3, -0.25) is 4.79 Å². The van der Waals surface area contributed by atoms with Gasteiger partial charge in [-0.15, -0.1) is 0 Å². The summed E-state index contributed by atoms with van der Waals surface area (Å²) in [5, 5.41) is 12.2. The predicted molar refractivity (Wildman–Crippen MR) is 70.9 cm³/mol. The molecule has 0 spiro atoms. The van der Waals surface area contributed by atoms with E-state index in [2.05, 4.69) is 33.0 Å². The fourth-order valence-corrected chi connectivity index (χ4v) is 1.86. The first-order chi connectivity index (χ1) is 8.10. The van der Waals surface area contributed by atoms with Crippen LogP contribution >= 0.6 is 0 Å². The van der Waals surface area contributed by atoms with Crippen molar-refractivity contribution in [2.24, 2.45) is 0 Å². The molecule has 0 aromatic carbocycles. The van der Waals surface area contributed by atoms with E-state index in [-0.39, 0.29) is 18.6 Å². The molecular formula is C13H28N2O2. The third kappa shape index (κ3) is 6.03. The molecule has 17 heavy (non-hydrogen) atoms. The molecule has 1 atom stereocenters. The van der Waals surface area contributed by atoms with E-state index in [0.29, 0.717) is 19.1 Å². The Morgan fingerprint density at radius 1 is 1.24 bits per heavy atom. The van der Waals surface area contributed by atoms with Crippen LogP contribution in [0.2, 0.25) is 0 Å². The number of hydrogen-bond donors (Lipinski definition) is 2. The lowest BCUT2D eigenvalue weighted by Gasteiger charge is -2.30. The number of aliphatic hydroxyl groups is 1. The van der Waals surface area contributed by atoms with Gasteiger partial charge in [-0.2, -0.15) is 0 Å². The van der Waals surface area contributed by atoms with Gasteiger partial charge in [0.1, 0.15) is 0 Å². The lowest BCUT2D eigenvalue weighted by atomic mass is 10.1. The lowest BCUT2D eigenvalue weighted by molar-refractivity contribution is -0.133. The summed E-state index contributed by atoms with van der Waals surface area (Å²) in [6, 6.07) is 0.602. The second-order valence-electron chi connectivity index (χ2n) is 4.47. The van der Waals surface area contributed by atoms with Crippen molar-refractivity contribution in [3.63, 3.8) is 0 Å². The van der Waals surface area contributed by atoms with E-state index in [9.17, 15) is 4.79 Å². The van der Waals surface area contributed by atoms with Gasteiger partial charge in [0.15, 0.2) is 0 Å². The first-order valence-electron chi connectivity index (χ1n) is 6.74. The number of carbonyl (C=O) groups is 1. The van der Waals surface area contributed by atoms with E-state index in [4.69, 9.17) is 5.11 Å². The first kappa shape index (κ1) is 16.4. The smallest absolute Gasteiger partial charge is 0.236 e. The van der Waals surface area contributed by atoms with Crippen LogP contribution < -0.4 is 5.32 Å². The first-order valence-corrected chi connectivity index (χ1v) is 6.74. The third-order valence-corrected chi connectivity index (χ3v) is 3.26. The summed E-state index contributed by atoms with van der Waals surface area (Å²) in [5.74, 6) is 0.0908. The summed E-state index contributed by atoms with van der Waals surface area (Å²) in [7, 11) is 0. The summed E-state index contributed by atoms with van der Waals surface area (Å²) in [4.78, 5) is 13.9. The van der Waals surface area contributed by atoms with Crippen LogP contribution in [0.1, 0.15) is 47.0 Å². The van der Waals surface area contributed by atoms with Crippen molar-refractivity contribution in [3.05, 3.63) is 0 Å². The van der Waals surface area contributed by atoms with E-state index in [1.54, 1.807) is 4.90 Å². The Bertz CT molecular complexity index is 206. The minimum Gasteiger partial charge on any atom is -0.395 e. The highest BCUT2D eigenvalue weighted by atomic mass is 16.3. The minimum absolute atomic E-state index is 0.0333. The summed E-state index contributed by atoms with van der Waals surface area (Å²) in [6.45, 7) is 9.15. The molecule has 0 aromatic rings. The second-order valence-corrected chi connectivity index (χ2v) is 4.47. The van der Waals surface area contributed by atoms with Gasteiger partial charge in [-0.1, -0.05) is 20.8 Å². The van der Waals surface area contributed by atoms with Crippen LogP contribution in [-0.4, -0.2) is 47.7 Å². The topological polar surface area (TPSA) is 52.6 Å². The van der Waals surface area contributed by atoms with Crippen molar-refractivity contribution in [3.8, 4) is 0 Å². The summed E-state index contributed by atoms with van der Waals surface area (Å²) in [6.07, 6.45) is 2.88. The fraction of sp³-hybridized carbons (Fsp3) is 0.923. The fourth-order valence-electron chi connectivity index (χ4n) is 1.86. The number of carbonyl (C=O) groups excluding carboxylic acids is 1. The lowest BCUT2D eigenvalue weighted by Crippen LogP contribution is -2.46. The highest BCUT2D eigenvalue weighted by Gasteiger charge is 2.20. The molecule has 0 saturated heterocycles. The van der Waals surface area contributed by atoms with Crippen molar-refractivity contribution in [2.75, 3.05) is 19.7 Å². The molecule has 1 unspecified atom stereocenters. The molecule has 4 heteroatoms. The molecule has 0 rings (SSSR count). The highest BCUT2D eigenvalue weighted by Crippen LogP contribution is 2.08. The van der Waals surface area contributed by atoms with Crippen LogP contribution in [0.3, 0.4) is 0 Å². The normalized spacial score (nSPS) is 12.8. The summed E-state index contributed by atoms with van der Waals surface area (Å²) < 4.78 is 0. The molecular weight excluding hydrogens is 216 g/mol. The van der Waals surface area contributed by atoms with Crippen molar-refractivity contribution in [1.29, 1.82) is 0 Å². The number of nitrogens with one attached hydrogen (secondary N) is 1. The maximum Gasteiger partial charge on any atom is 0.236 e. The Morgan fingerprint density at radius 3 is 2.24 bits per heavy atom. The number of hydrogen-bond acceptors (Lipinski definition) is 3. The van der Waals surface area contributed by atoms with Crippen LogP contribution in [0, 0.1) is 0 Å². The van der Waals surface area contributed by atoms with Gasteiger partial charge in [0.05, 0.1) is 13.2 Å². The van der Waals surface area contributed by atoms with Gasteiger partial charge in [0.25, 0.3) is 0 Å². The van der Waals surface area contributed by atoms with Gasteiger partial charge in [-0.05, 0) is 26.2 Å². The maximum absolute atomic E-state index is 12.1. The number of rotatable bonds is 9. The zero-order valence-electron chi connectivity index (χ0n) is 11.7. The monoisotopic (exact) mass is 244 g/mol. The van der Waals surface area contributed by atoms with E-state index in [1.807, 2.05) is 0 Å². The molecule has 0 bridgehead atoms. The van der Waals surface area contributed by atoms with Crippen LogP contribution in [-0.2, 0) is 4.79 Å². The Labute approximate surface area is 105 Å². The van der Waals surface area contributed by atoms with Crippen LogP contribution in [0.25, 0.3) is 0 Å². The van der Waals surface area contributed by atoms with Crippen molar-refractivity contribution in [2.45, 2.75) is 59.0 Å². The highest BCUT2D eigenvalue weighted by molar-refractivity contribution is 5.78. The van der Waals surface area contributed by atoms with Gasteiger partial charge < -0.3 is 15.3 Å². The van der Waals surface area contributed by atoms with Crippen molar-refractivity contribution in [1.82, 2.24) is 10.2 Å². The van der Waals surface area contributed by atoms with Crippen LogP contribution in [0.4, 0.5) is 0 Å². The average molecular weight is 244 g/mol. The van der Waals surface area contributed by atoms with Gasteiger partial charge in [-0.25, -0.2) is 0 Å².